The van der Waals surface area contributed by atoms with Crippen LogP contribution in [-0.4, -0.2) is 23.9 Å². The van der Waals surface area contributed by atoms with Crippen LogP contribution in [0.4, 0.5) is 14.5 Å². The molecule has 0 radical (unpaired) electrons. The largest absolute Gasteiger partial charge is 0.325 e. The van der Waals surface area contributed by atoms with Gasteiger partial charge in [-0.1, -0.05) is 31.2 Å². The average Bonchev–Trinajstić information content (AvgIpc) is 2.52. The standard InChI is InChI=1S/C19H22F2N2O/c1-3-10-23(12-15-8-9-16(20)11-17(15)21)13-19(24)22-18-7-5-4-6-14(18)2/h4-9,11H,3,10,12-13H2,1-2H3,(H,22,24). The molecule has 3 nitrogen and oxygen atoms in total. The highest BCUT2D eigenvalue weighted by Gasteiger charge is 2.14. The zero-order chi connectivity index (χ0) is 17.5. The van der Waals surface area contributed by atoms with Gasteiger partial charge in [-0.25, -0.2) is 8.78 Å². The first-order valence-electron chi connectivity index (χ1n) is 8.01. The summed E-state index contributed by atoms with van der Waals surface area (Å²) in [6, 6.07) is 11.1. The first kappa shape index (κ1) is 18.1. The maximum atomic E-state index is 13.8. The Morgan fingerprint density at radius 2 is 1.92 bits per heavy atom. The highest BCUT2D eigenvalue weighted by molar-refractivity contribution is 5.92. The van der Waals surface area contributed by atoms with E-state index in [1.54, 1.807) is 0 Å². The number of carbonyl (C=O) groups excluding carboxylic acids is 1. The SMILES string of the molecule is CCCN(CC(=O)Nc1ccccc1C)Cc1ccc(F)cc1F. The summed E-state index contributed by atoms with van der Waals surface area (Å²) in [6.07, 6.45) is 0.834. The van der Waals surface area contributed by atoms with Crippen molar-refractivity contribution in [3.63, 3.8) is 0 Å². The molecule has 0 saturated carbocycles. The minimum absolute atomic E-state index is 0.152. The molecule has 2 aromatic carbocycles. The first-order chi connectivity index (χ1) is 11.5. The number of rotatable bonds is 7. The fraction of sp³-hybridized carbons (Fsp3) is 0.316. The molecule has 2 rings (SSSR count). The predicted octanol–water partition coefficient (Wildman–Crippen LogP) is 4.12. The van der Waals surface area contributed by atoms with Crippen molar-refractivity contribution >= 4 is 11.6 Å². The maximum absolute atomic E-state index is 13.8. The molecule has 24 heavy (non-hydrogen) atoms. The molecule has 0 aliphatic carbocycles. The van der Waals surface area contributed by atoms with Crippen molar-refractivity contribution in [1.82, 2.24) is 4.90 Å². The second-order valence-electron chi connectivity index (χ2n) is 5.81. The number of anilines is 1. The Hall–Kier alpha value is -2.27. The van der Waals surface area contributed by atoms with Crippen LogP contribution in [0, 0.1) is 18.6 Å². The lowest BCUT2D eigenvalue weighted by Gasteiger charge is -2.21. The Balaban J connectivity index is 2.02. The van der Waals surface area contributed by atoms with E-state index in [2.05, 4.69) is 5.32 Å². The van der Waals surface area contributed by atoms with Gasteiger partial charge in [0.2, 0.25) is 5.91 Å². The molecule has 0 aliphatic heterocycles. The highest BCUT2D eigenvalue weighted by Crippen LogP contribution is 2.15. The summed E-state index contributed by atoms with van der Waals surface area (Å²) in [6.45, 7) is 4.98. The van der Waals surface area contributed by atoms with Crippen molar-refractivity contribution in [2.24, 2.45) is 0 Å². The molecule has 0 spiro atoms. The summed E-state index contributed by atoms with van der Waals surface area (Å²) < 4.78 is 26.8. The lowest BCUT2D eigenvalue weighted by molar-refractivity contribution is -0.117. The summed E-state index contributed by atoms with van der Waals surface area (Å²) >= 11 is 0. The molecule has 128 valence electrons. The van der Waals surface area contributed by atoms with Crippen LogP contribution in [0.2, 0.25) is 0 Å². The second kappa shape index (κ2) is 8.55. The van der Waals surface area contributed by atoms with Gasteiger partial charge in [0.25, 0.3) is 0 Å². The zero-order valence-corrected chi connectivity index (χ0v) is 14.0. The van der Waals surface area contributed by atoms with Crippen molar-refractivity contribution < 1.29 is 13.6 Å². The Morgan fingerprint density at radius 1 is 1.17 bits per heavy atom. The smallest absolute Gasteiger partial charge is 0.238 e. The van der Waals surface area contributed by atoms with Gasteiger partial charge in [-0.2, -0.15) is 0 Å². The molecule has 0 bridgehead atoms. The molecule has 2 aromatic rings. The van der Waals surface area contributed by atoms with Gasteiger partial charge in [0.1, 0.15) is 11.6 Å². The van der Waals surface area contributed by atoms with E-state index in [1.165, 1.54) is 12.1 Å². The minimum atomic E-state index is -0.601. The predicted molar refractivity (Wildman–Crippen MR) is 91.7 cm³/mol. The van der Waals surface area contributed by atoms with E-state index in [1.807, 2.05) is 43.0 Å². The van der Waals surface area contributed by atoms with Gasteiger partial charge in [-0.05, 0) is 37.6 Å². The molecular weight excluding hydrogens is 310 g/mol. The fourth-order valence-corrected chi connectivity index (χ4v) is 2.53. The van der Waals surface area contributed by atoms with E-state index >= 15 is 0 Å². The number of aryl methyl sites for hydroxylation is 1. The number of carbonyl (C=O) groups is 1. The molecule has 0 unspecified atom stereocenters. The zero-order valence-electron chi connectivity index (χ0n) is 14.0. The Morgan fingerprint density at radius 3 is 2.58 bits per heavy atom. The van der Waals surface area contributed by atoms with Gasteiger partial charge in [-0.3, -0.25) is 9.69 Å². The number of amides is 1. The van der Waals surface area contributed by atoms with Crippen LogP contribution < -0.4 is 5.32 Å². The molecule has 0 aromatic heterocycles. The van der Waals surface area contributed by atoms with Crippen LogP contribution in [0.5, 0.6) is 0 Å². The summed E-state index contributed by atoms with van der Waals surface area (Å²) in [5.41, 5.74) is 2.14. The Bertz CT molecular complexity index is 704. The molecule has 5 heteroatoms. The van der Waals surface area contributed by atoms with Gasteiger partial charge >= 0.3 is 0 Å². The van der Waals surface area contributed by atoms with Gasteiger partial charge in [-0.15, -0.1) is 0 Å². The van der Waals surface area contributed by atoms with Crippen LogP contribution in [0.3, 0.4) is 0 Å². The number of benzene rings is 2. The third kappa shape index (κ3) is 5.13. The number of nitrogens with zero attached hydrogens (tertiary/aromatic N) is 1. The molecule has 0 atom stereocenters. The van der Waals surface area contributed by atoms with Crippen molar-refractivity contribution in [2.45, 2.75) is 26.8 Å². The van der Waals surface area contributed by atoms with Crippen molar-refractivity contribution in [3.8, 4) is 0 Å². The minimum Gasteiger partial charge on any atom is -0.325 e. The molecular formula is C19H22F2N2O. The van der Waals surface area contributed by atoms with Crippen LogP contribution in [-0.2, 0) is 11.3 Å². The van der Waals surface area contributed by atoms with E-state index in [9.17, 15) is 13.6 Å². The summed E-state index contributed by atoms with van der Waals surface area (Å²) in [5.74, 6) is -1.34. The molecule has 0 saturated heterocycles. The van der Waals surface area contributed by atoms with Crippen molar-refractivity contribution in [3.05, 3.63) is 65.2 Å². The van der Waals surface area contributed by atoms with Crippen molar-refractivity contribution in [1.29, 1.82) is 0 Å². The van der Waals surface area contributed by atoms with Gasteiger partial charge in [0, 0.05) is 23.9 Å². The highest BCUT2D eigenvalue weighted by atomic mass is 19.1. The lowest BCUT2D eigenvalue weighted by atomic mass is 10.2. The van der Waals surface area contributed by atoms with E-state index in [-0.39, 0.29) is 19.0 Å². The van der Waals surface area contributed by atoms with Crippen LogP contribution in [0.1, 0.15) is 24.5 Å². The van der Waals surface area contributed by atoms with E-state index in [4.69, 9.17) is 0 Å². The van der Waals surface area contributed by atoms with Gasteiger partial charge in [0.05, 0.1) is 6.54 Å². The van der Waals surface area contributed by atoms with Crippen molar-refractivity contribution in [2.75, 3.05) is 18.4 Å². The molecule has 0 aliphatic rings. The average molecular weight is 332 g/mol. The Kier molecular flexibility index (Phi) is 6.44. The van der Waals surface area contributed by atoms with E-state index < -0.39 is 11.6 Å². The van der Waals surface area contributed by atoms with Crippen LogP contribution >= 0.6 is 0 Å². The quantitative estimate of drug-likeness (QED) is 0.827. The third-order valence-corrected chi connectivity index (χ3v) is 3.74. The maximum Gasteiger partial charge on any atom is 0.238 e. The number of nitrogens with one attached hydrogen (secondary N) is 1. The van der Waals surface area contributed by atoms with Crippen LogP contribution in [0.15, 0.2) is 42.5 Å². The van der Waals surface area contributed by atoms with Gasteiger partial charge in [0.15, 0.2) is 0 Å². The third-order valence-electron chi connectivity index (χ3n) is 3.74. The fourth-order valence-electron chi connectivity index (χ4n) is 2.53. The van der Waals surface area contributed by atoms with Crippen LogP contribution in [0.25, 0.3) is 0 Å². The molecule has 0 heterocycles. The van der Waals surface area contributed by atoms with Gasteiger partial charge < -0.3 is 5.32 Å². The number of hydrogen-bond donors (Lipinski definition) is 1. The summed E-state index contributed by atoms with van der Waals surface area (Å²) in [5, 5.41) is 2.87. The first-order valence-corrected chi connectivity index (χ1v) is 8.01. The number of hydrogen-bond acceptors (Lipinski definition) is 2. The molecule has 1 N–H and O–H groups in total. The number of halogens is 2. The second-order valence-corrected chi connectivity index (χ2v) is 5.81. The van der Waals surface area contributed by atoms with E-state index in [0.717, 1.165) is 23.7 Å². The lowest BCUT2D eigenvalue weighted by Crippen LogP contribution is -2.33. The topological polar surface area (TPSA) is 32.3 Å². The summed E-state index contributed by atoms with van der Waals surface area (Å²) in [7, 11) is 0. The Labute approximate surface area is 141 Å². The number of para-hydroxylation sites is 1. The summed E-state index contributed by atoms with van der Waals surface area (Å²) in [4.78, 5) is 14.1. The molecule has 0 fully saturated rings. The monoisotopic (exact) mass is 332 g/mol. The molecule has 1 amide bonds. The normalized spacial score (nSPS) is 10.9. The van der Waals surface area contributed by atoms with E-state index in [0.29, 0.717) is 12.1 Å².